The lowest BCUT2D eigenvalue weighted by Crippen LogP contribution is -2.49. The van der Waals surface area contributed by atoms with E-state index in [1.807, 2.05) is 6.07 Å². The Morgan fingerprint density at radius 3 is 2.62 bits per heavy atom. The summed E-state index contributed by atoms with van der Waals surface area (Å²) in [5, 5.41) is 20.1. The largest absolute Gasteiger partial charge is 0.489 e. The van der Waals surface area contributed by atoms with E-state index in [1.165, 1.54) is 18.2 Å². The monoisotopic (exact) mass is 659 g/mol. The van der Waals surface area contributed by atoms with Crippen LogP contribution in [0.25, 0.3) is 16.8 Å². The first-order valence-electron chi connectivity index (χ1n) is 16.2. The minimum absolute atomic E-state index is 0.0197. The zero-order valence-corrected chi connectivity index (χ0v) is 26.6. The van der Waals surface area contributed by atoms with Crippen LogP contribution in [-0.4, -0.2) is 50.8 Å². The molecule has 0 radical (unpaired) electrons. The van der Waals surface area contributed by atoms with Gasteiger partial charge in [0, 0.05) is 28.7 Å². The number of primary amides is 1. The summed E-state index contributed by atoms with van der Waals surface area (Å²) < 4.78 is 28.0. The molecule has 0 spiro atoms. The molecule has 4 N–H and O–H groups in total. The van der Waals surface area contributed by atoms with Crippen LogP contribution >= 0.6 is 11.6 Å². The van der Waals surface area contributed by atoms with Gasteiger partial charge in [-0.3, -0.25) is 9.59 Å². The molecule has 8 rings (SSSR count). The number of hydrogen-bond acceptors (Lipinski definition) is 7. The second kappa shape index (κ2) is 10.9. The lowest BCUT2D eigenvalue weighted by Gasteiger charge is -2.41. The van der Waals surface area contributed by atoms with Gasteiger partial charge in [0.25, 0.3) is 5.91 Å². The molecule has 3 aromatic heterocycles. The smallest absolute Gasteiger partial charge is 0.251 e. The van der Waals surface area contributed by atoms with Crippen LogP contribution in [0.1, 0.15) is 85.1 Å². The van der Waals surface area contributed by atoms with Crippen LogP contribution in [0.5, 0.6) is 11.6 Å². The number of aromatic nitrogens is 3. The van der Waals surface area contributed by atoms with Crippen molar-refractivity contribution in [3.8, 4) is 22.9 Å². The Kier molecular flexibility index (Phi) is 7.00. The number of halogens is 2. The average Bonchev–Trinajstić information content (AvgIpc) is 3.96. The summed E-state index contributed by atoms with van der Waals surface area (Å²) in [7, 11) is 0. The van der Waals surface area contributed by atoms with E-state index < -0.39 is 22.7 Å². The summed E-state index contributed by atoms with van der Waals surface area (Å²) in [6, 6.07) is 11.3. The molecule has 3 fully saturated rings. The lowest BCUT2D eigenvalue weighted by atomic mass is 9.70. The zero-order chi connectivity index (χ0) is 32.7. The van der Waals surface area contributed by atoms with Crippen LogP contribution in [0.4, 0.5) is 4.39 Å². The Bertz CT molecular complexity index is 1950. The second-order valence-electron chi connectivity index (χ2n) is 13.7. The number of amides is 2. The van der Waals surface area contributed by atoms with E-state index in [2.05, 4.69) is 5.32 Å². The molecule has 12 heteroatoms. The normalized spacial score (nSPS) is 21.9. The number of carbonyl (C=O) groups is 2. The highest BCUT2D eigenvalue weighted by atomic mass is 35.5. The summed E-state index contributed by atoms with van der Waals surface area (Å²) in [5.41, 5.74) is 6.70. The van der Waals surface area contributed by atoms with Gasteiger partial charge in [0.1, 0.15) is 41.0 Å². The molecule has 3 aliphatic carbocycles. The Balaban J connectivity index is 1.16. The molecule has 2 amide bonds. The number of carbonyl (C=O) groups excluding carboxylic acids is 2. The van der Waals surface area contributed by atoms with E-state index in [0.29, 0.717) is 39.9 Å². The van der Waals surface area contributed by atoms with Gasteiger partial charge in [-0.2, -0.15) is 5.10 Å². The number of benzene rings is 1. The standard InChI is InChI=1S/C35H35ClFN5O5/c1-34(33(38)44)17-46-31-24(34)15-28(40-30(31)19-7-10-26(37)25(36)12-19)35(45,21-3-2-4-21)16-39-32(43)20-11-22-14-27(18-5-6-18)41-42(22)29(13-20)47-23-8-9-23/h7,10-15,18,21,23,45H,2-6,8-9,16-17H2,1H3,(H2,38,44)(H,39,43)/t34-,35?/m0/s1. The third kappa shape index (κ3) is 5.20. The van der Waals surface area contributed by atoms with Crippen molar-refractivity contribution in [1.29, 1.82) is 0 Å². The zero-order valence-electron chi connectivity index (χ0n) is 25.9. The van der Waals surface area contributed by atoms with Crippen molar-refractivity contribution in [3.05, 3.63) is 75.8 Å². The van der Waals surface area contributed by atoms with Crippen molar-refractivity contribution in [2.45, 2.75) is 74.9 Å². The van der Waals surface area contributed by atoms with Crippen LogP contribution in [0.2, 0.25) is 5.02 Å². The predicted octanol–water partition coefficient (Wildman–Crippen LogP) is 5.16. The van der Waals surface area contributed by atoms with Gasteiger partial charge >= 0.3 is 0 Å². The molecular weight excluding hydrogens is 625 g/mol. The van der Waals surface area contributed by atoms with Crippen LogP contribution in [0.3, 0.4) is 0 Å². The van der Waals surface area contributed by atoms with E-state index in [4.69, 9.17) is 36.9 Å². The maximum Gasteiger partial charge on any atom is 0.251 e. The molecule has 244 valence electrons. The fraction of sp³-hybridized carbons (Fsp3) is 0.429. The summed E-state index contributed by atoms with van der Waals surface area (Å²) in [4.78, 5) is 31.4. The first-order valence-corrected chi connectivity index (χ1v) is 16.6. The topological polar surface area (TPSA) is 141 Å². The summed E-state index contributed by atoms with van der Waals surface area (Å²) in [6.45, 7) is 1.52. The number of pyridine rings is 2. The highest BCUT2D eigenvalue weighted by Crippen LogP contribution is 2.49. The number of fused-ring (bicyclic) bond motifs is 2. The van der Waals surface area contributed by atoms with Gasteiger partial charge in [0.2, 0.25) is 11.8 Å². The molecule has 4 aromatic rings. The van der Waals surface area contributed by atoms with Crippen molar-refractivity contribution in [2.24, 2.45) is 11.7 Å². The third-order valence-electron chi connectivity index (χ3n) is 10.2. The van der Waals surface area contributed by atoms with Crippen molar-refractivity contribution in [2.75, 3.05) is 13.2 Å². The van der Waals surface area contributed by atoms with Crippen molar-refractivity contribution < 1.29 is 28.6 Å². The lowest BCUT2D eigenvalue weighted by molar-refractivity contribution is -0.123. The first-order chi connectivity index (χ1) is 22.5. The Labute approximate surface area is 275 Å². The van der Waals surface area contributed by atoms with Crippen LogP contribution in [0.15, 0.2) is 42.5 Å². The van der Waals surface area contributed by atoms with Gasteiger partial charge < -0.3 is 25.6 Å². The molecule has 0 bridgehead atoms. The second-order valence-corrected chi connectivity index (χ2v) is 14.1. The Morgan fingerprint density at radius 2 is 1.96 bits per heavy atom. The van der Waals surface area contributed by atoms with E-state index in [0.717, 1.165) is 56.2 Å². The van der Waals surface area contributed by atoms with Gasteiger partial charge in [0.15, 0.2) is 0 Å². The molecular formula is C35H35ClFN5O5. The van der Waals surface area contributed by atoms with Crippen LogP contribution < -0.4 is 20.5 Å². The maximum absolute atomic E-state index is 14.1. The molecule has 10 nitrogen and oxygen atoms in total. The van der Waals surface area contributed by atoms with Gasteiger partial charge in [-0.15, -0.1) is 0 Å². The van der Waals surface area contributed by atoms with E-state index in [9.17, 15) is 19.1 Å². The molecule has 1 unspecified atom stereocenters. The van der Waals surface area contributed by atoms with Crippen LogP contribution in [0, 0.1) is 11.7 Å². The van der Waals surface area contributed by atoms with Crippen LogP contribution in [-0.2, 0) is 15.8 Å². The SMILES string of the molecule is C[C@]1(C(N)=O)COc2c1cc(C(O)(CNC(=O)c1cc(OC3CC3)n3nc(C4CC4)cc3c1)C1CCC1)nc2-c1ccc(F)c(Cl)c1. The number of aliphatic hydroxyl groups is 1. The Hall–Kier alpha value is -4.22. The molecule has 4 aliphatic rings. The summed E-state index contributed by atoms with van der Waals surface area (Å²) in [5.74, 6) is -0.504. The number of nitrogens with two attached hydrogens (primary N) is 1. The van der Waals surface area contributed by atoms with Gasteiger partial charge in [-0.25, -0.2) is 13.9 Å². The molecule has 4 heterocycles. The highest BCUT2D eigenvalue weighted by molar-refractivity contribution is 6.31. The summed E-state index contributed by atoms with van der Waals surface area (Å²) >= 11 is 6.15. The highest BCUT2D eigenvalue weighted by Gasteiger charge is 2.48. The van der Waals surface area contributed by atoms with E-state index >= 15 is 0 Å². The fourth-order valence-electron chi connectivity index (χ4n) is 6.53. The predicted molar refractivity (Wildman–Crippen MR) is 171 cm³/mol. The number of nitrogens with zero attached hydrogens (tertiary/aromatic N) is 3. The molecule has 3 saturated carbocycles. The third-order valence-corrected chi connectivity index (χ3v) is 10.5. The minimum Gasteiger partial charge on any atom is -0.489 e. The molecule has 47 heavy (non-hydrogen) atoms. The van der Waals surface area contributed by atoms with Crippen molar-refractivity contribution in [1.82, 2.24) is 19.9 Å². The minimum atomic E-state index is -1.60. The molecule has 2 atom stereocenters. The van der Waals surface area contributed by atoms with E-state index in [1.54, 1.807) is 29.6 Å². The van der Waals surface area contributed by atoms with Gasteiger partial charge in [-0.05, 0) is 87.8 Å². The number of rotatable bonds is 10. The number of ether oxygens (including phenoxy) is 2. The average molecular weight is 660 g/mol. The molecule has 1 aromatic carbocycles. The maximum atomic E-state index is 14.1. The van der Waals surface area contributed by atoms with Crippen molar-refractivity contribution >= 4 is 28.9 Å². The number of nitrogens with one attached hydrogen (secondary N) is 1. The Morgan fingerprint density at radius 1 is 1.17 bits per heavy atom. The quantitative estimate of drug-likeness (QED) is 0.214. The van der Waals surface area contributed by atoms with E-state index in [-0.39, 0.29) is 41.8 Å². The van der Waals surface area contributed by atoms with Gasteiger partial charge in [-0.1, -0.05) is 18.0 Å². The first kappa shape index (κ1) is 30.1. The van der Waals surface area contributed by atoms with Crippen molar-refractivity contribution in [3.63, 3.8) is 0 Å². The summed E-state index contributed by atoms with van der Waals surface area (Å²) in [6.07, 6.45) is 6.60. The number of hydrogen-bond donors (Lipinski definition) is 3. The fourth-order valence-corrected chi connectivity index (χ4v) is 6.72. The molecule has 1 aliphatic heterocycles. The molecule has 0 saturated heterocycles. The van der Waals surface area contributed by atoms with Gasteiger partial charge in [0.05, 0.1) is 28.5 Å².